The van der Waals surface area contributed by atoms with E-state index in [-0.39, 0.29) is 5.91 Å². The van der Waals surface area contributed by atoms with Crippen LogP contribution < -0.4 is 10.2 Å². The van der Waals surface area contributed by atoms with Gasteiger partial charge in [-0.25, -0.2) is 9.97 Å². The number of nitrogens with zero attached hydrogens (tertiary/aromatic N) is 5. The molecule has 7 heteroatoms. The fourth-order valence-corrected chi connectivity index (χ4v) is 3.79. The lowest BCUT2D eigenvalue weighted by atomic mass is 10.2. The molecular formula is C20H26N6O. The summed E-state index contributed by atoms with van der Waals surface area (Å²) in [6, 6.07) is 12.5. The van der Waals surface area contributed by atoms with Gasteiger partial charge in [-0.1, -0.05) is 18.2 Å². The second kappa shape index (κ2) is 8.35. The Hall–Kier alpha value is -2.67. The number of amides is 1. The molecule has 0 radical (unpaired) electrons. The van der Waals surface area contributed by atoms with E-state index in [2.05, 4.69) is 49.4 Å². The predicted molar refractivity (Wildman–Crippen MR) is 106 cm³/mol. The van der Waals surface area contributed by atoms with E-state index in [1.165, 1.54) is 5.69 Å². The smallest absolute Gasteiger partial charge is 0.236 e. The van der Waals surface area contributed by atoms with Gasteiger partial charge in [0.05, 0.1) is 6.54 Å². The second-order valence-electron chi connectivity index (χ2n) is 7.14. The quantitative estimate of drug-likeness (QED) is 0.861. The van der Waals surface area contributed by atoms with Gasteiger partial charge in [0.2, 0.25) is 11.9 Å². The van der Waals surface area contributed by atoms with Crippen molar-refractivity contribution in [3.63, 3.8) is 0 Å². The number of aromatic nitrogens is 2. The third kappa shape index (κ3) is 4.54. The van der Waals surface area contributed by atoms with Gasteiger partial charge in [0.25, 0.3) is 0 Å². The molecule has 1 amide bonds. The Morgan fingerprint density at radius 2 is 1.74 bits per heavy atom. The maximum atomic E-state index is 12.7. The Morgan fingerprint density at radius 1 is 1.00 bits per heavy atom. The Labute approximate surface area is 160 Å². The summed E-state index contributed by atoms with van der Waals surface area (Å²) in [5, 5.41) is 3.35. The molecule has 0 bridgehead atoms. The molecule has 2 fully saturated rings. The van der Waals surface area contributed by atoms with E-state index in [0.29, 0.717) is 18.5 Å². The van der Waals surface area contributed by atoms with Crippen molar-refractivity contribution in [2.45, 2.75) is 12.5 Å². The topological polar surface area (TPSA) is 64.6 Å². The van der Waals surface area contributed by atoms with Gasteiger partial charge in [-0.3, -0.25) is 9.69 Å². The molecule has 27 heavy (non-hydrogen) atoms. The monoisotopic (exact) mass is 366 g/mol. The average Bonchev–Trinajstić information content (AvgIpc) is 3.16. The molecule has 4 rings (SSSR count). The van der Waals surface area contributed by atoms with Gasteiger partial charge in [-0.2, -0.15) is 0 Å². The van der Waals surface area contributed by atoms with Crippen LogP contribution in [-0.2, 0) is 4.79 Å². The molecular weight excluding hydrogens is 340 g/mol. The predicted octanol–water partition coefficient (Wildman–Crippen LogP) is 1.31. The Balaban J connectivity index is 1.22. The van der Waals surface area contributed by atoms with Gasteiger partial charge in [0.15, 0.2) is 0 Å². The number of hydrogen-bond acceptors (Lipinski definition) is 6. The Kier molecular flexibility index (Phi) is 5.48. The lowest BCUT2D eigenvalue weighted by Crippen LogP contribution is -2.51. The van der Waals surface area contributed by atoms with Crippen molar-refractivity contribution < 1.29 is 4.79 Å². The number of carbonyl (C=O) groups excluding carboxylic acids is 1. The van der Waals surface area contributed by atoms with Crippen molar-refractivity contribution >= 4 is 17.5 Å². The van der Waals surface area contributed by atoms with Gasteiger partial charge in [0.1, 0.15) is 0 Å². The first-order valence-corrected chi connectivity index (χ1v) is 9.61. The first-order chi connectivity index (χ1) is 13.3. The molecule has 7 nitrogen and oxygen atoms in total. The van der Waals surface area contributed by atoms with E-state index in [1.807, 2.05) is 17.0 Å². The van der Waals surface area contributed by atoms with Crippen LogP contribution >= 0.6 is 0 Å². The standard InChI is InChI=1S/C20H26N6O/c27-19(26-13-11-25(12-14-26)18-5-2-1-3-6-18)16-24-10-7-17(15-24)23-20-21-8-4-9-22-20/h1-6,8-9,17H,7,10-16H2,(H,21,22,23). The number of carbonyl (C=O) groups is 1. The Morgan fingerprint density at radius 3 is 2.48 bits per heavy atom. The van der Waals surface area contributed by atoms with Crippen LogP contribution in [0.3, 0.4) is 0 Å². The van der Waals surface area contributed by atoms with Crippen LogP contribution in [0.1, 0.15) is 6.42 Å². The zero-order valence-electron chi connectivity index (χ0n) is 15.5. The molecule has 0 saturated carbocycles. The van der Waals surface area contributed by atoms with Crippen molar-refractivity contribution in [3.05, 3.63) is 48.8 Å². The number of nitrogens with one attached hydrogen (secondary N) is 1. The van der Waals surface area contributed by atoms with Crippen LogP contribution in [0, 0.1) is 0 Å². The summed E-state index contributed by atoms with van der Waals surface area (Å²) in [7, 11) is 0. The molecule has 2 aliphatic heterocycles. The summed E-state index contributed by atoms with van der Waals surface area (Å²) in [5.74, 6) is 0.895. The van der Waals surface area contributed by atoms with Crippen LogP contribution in [0.2, 0.25) is 0 Å². The van der Waals surface area contributed by atoms with Crippen LogP contribution in [-0.4, -0.2) is 77.5 Å². The molecule has 0 aliphatic carbocycles. The van der Waals surface area contributed by atoms with Crippen molar-refractivity contribution in [1.29, 1.82) is 0 Å². The van der Waals surface area contributed by atoms with Crippen LogP contribution in [0.5, 0.6) is 0 Å². The van der Waals surface area contributed by atoms with E-state index >= 15 is 0 Å². The fourth-order valence-electron chi connectivity index (χ4n) is 3.79. The van der Waals surface area contributed by atoms with Crippen molar-refractivity contribution in [2.75, 3.05) is 56.0 Å². The molecule has 1 atom stereocenters. The molecule has 2 aromatic rings. The summed E-state index contributed by atoms with van der Waals surface area (Å²) in [6.45, 7) is 5.66. The minimum absolute atomic E-state index is 0.235. The number of anilines is 2. The summed E-state index contributed by atoms with van der Waals surface area (Å²) < 4.78 is 0. The van der Waals surface area contributed by atoms with E-state index in [4.69, 9.17) is 0 Å². The number of rotatable bonds is 5. The van der Waals surface area contributed by atoms with E-state index in [0.717, 1.165) is 45.7 Å². The zero-order valence-corrected chi connectivity index (χ0v) is 15.5. The molecule has 3 heterocycles. The first kappa shape index (κ1) is 17.7. The third-order valence-corrected chi connectivity index (χ3v) is 5.28. The largest absolute Gasteiger partial charge is 0.368 e. The van der Waals surface area contributed by atoms with Crippen molar-refractivity contribution in [3.8, 4) is 0 Å². The van der Waals surface area contributed by atoms with Gasteiger partial charge in [0, 0.05) is 63.4 Å². The number of para-hydroxylation sites is 1. The SMILES string of the molecule is O=C(CN1CCC(Nc2ncccn2)C1)N1CCN(c2ccccc2)CC1. The highest BCUT2D eigenvalue weighted by atomic mass is 16.2. The van der Waals surface area contributed by atoms with E-state index in [1.54, 1.807) is 12.4 Å². The lowest BCUT2D eigenvalue weighted by molar-refractivity contribution is -0.132. The molecule has 2 aliphatic rings. The summed E-state index contributed by atoms with van der Waals surface area (Å²) in [5.41, 5.74) is 1.24. The molecule has 1 unspecified atom stereocenters. The lowest BCUT2D eigenvalue weighted by Gasteiger charge is -2.36. The van der Waals surface area contributed by atoms with Crippen molar-refractivity contribution in [1.82, 2.24) is 19.8 Å². The van der Waals surface area contributed by atoms with E-state index < -0.39 is 0 Å². The molecule has 1 N–H and O–H groups in total. The molecule has 142 valence electrons. The Bertz CT molecular complexity index is 733. The van der Waals surface area contributed by atoms with Gasteiger partial charge in [-0.05, 0) is 24.6 Å². The highest BCUT2D eigenvalue weighted by Crippen LogP contribution is 2.17. The number of piperazine rings is 1. The minimum Gasteiger partial charge on any atom is -0.368 e. The maximum Gasteiger partial charge on any atom is 0.236 e. The fraction of sp³-hybridized carbons (Fsp3) is 0.450. The van der Waals surface area contributed by atoms with Gasteiger partial charge < -0.3 is 15.1 Å². The maximum absolute atomic E-state index is 12.7. The number of likely N-dealkylation sites (tertiary alicyclic amines) is 1. The summed E-state index contributed by atoms with van der Waals surface area (Å²) in [4.78, 5) is 27.7. The summed E-state index contributed by atoms with van der Waals surface area (Å²) >= 11 is 0. The molecule has 1 aromatic carbocycles. The molecule has 2 saturated heterocycles. The summed E-state index contributed by atoms with van der Waals surface area (Å²) in [6.07, 6.45) is 4.48. The number of hydrogen-bond donors (Lipinski definition) is 1. The van der Waals surface area contributed by atoms with E-state index in [9.17, 15) is 4.79 Å². The van der Waals surface area contributed by atoms with Crippen LogP contribution in [0.4, 0.5) is 11.6 Å². The first-order valence-electron chi connectivity index (χ1n) is 9.61. The van der Waals surface area contributed by atoms with Crippen molar-refractivity contribution in [2.24, 2.45) is 0 Å². The molecule has 1 aromatic heterocycles. The van der Waals surface area contributed by atoms with Crippen LogP contribution in [0.25, 0.3) is 0 Å². The van der Waals surface area contributed by atoms with Crippen LogP contribution in [0.15, 0.2) is 48.8 Å². The van der Waals surface area contributed by atoms with Gasteiger partial charge >= 0.3 is 0 Å². The highest BCUT2D eigenvalue weighted by molar-refractivity contribution is 5.78. The average molecular weight is 366 g/mol. The van der Waals surface area contributed by atoms with Gasteiger partial charge in [-0.15, -0.1) is 0 Å². The third-order valence-electron chi connectivity index (χ3n) is 5.28. The zero-order chi connectivity index (χ0) is 18.5. The molecule has 0 spiro atoms. The number of benzene rings is 1. The normalized spacial score (nSPS) is 20.7. The second-order valence-corrected chi connectivity index (χ2v) is 7.14. The highest BCUT2D eigenvalue weighted by Gasteiger charge is 2.27. The minimum atomic E-state index is 0.235.